The van der Waals surface area contributed by atoms with E-state index in [1.807, 2.05) is 0 Å². The van der Waals surface area contributed by atoms with Crippen LogP contribution in [0.3, 0.4) is 0 Å². The Bertz CT molecular complexity index is 1390. The Kier molecular flexibility index (Phi) is 3.29. The molecule has 2 aliphatic carbocycles. The number of fused-ring (bicyclic) bond motifs is 3. The first-order chi connectivity index (χ1) is 14.7. The third kappa shape index (κ3) is 2.07. The molecule has 0 radical (unpaired) electrons. The Labute approximate surface area is 177 Å². The average Bonchev–Trinajstić information content (AvgIpc) is 3.44. The molecule has 1 fully saturated rings. The lowest BCUT2D eigenvalue weighted by molar-refractivity contribution is -0.659. The van der Waals surface area contributed by atoms with E-state index in [1.165, 1.54) is 80.7 Å². The minimum absolute atomic E-state index is 0.688. The van der Waals surface area contributed by atoms with Gasteiger partial charge in [0.2, 0.25) is 5.69 Å². The first-order valence-electron chi connectivity index (χ1n) is 11.4. The van der Waals surface area contributed by atoms with Crippen molar-refractivity contribution >= 4 is 21.5 Å². The van der Waals surface area contributed by atoms with Crippen LogP contribution in [0.15, 0.2) is 42.6 Å². The SMILES string of the molecule is Cc1c2c(c3c4c(cccc14)CC3)Oc1cc(C3CCCC3)cc3cc[n+](C)c-2c13. The second-order valence-corrected chi connectivity index (χ2v) is 9.49. The molecule has 0 bridgehead atoms. The number of rotatable bonds is 1. The zero-order chi connectivity index (χ0) is 20.0. The van der Waals surface area contributed by atoms with Crippen LogP contribution in [-0.2, 0) is 19.9 Å². The lowest BCUT2D eigenvalue weighted by Crippen LogP contribution is -2.32. The number of aryl methyl sites for hydroxylation is 4. The molecule has 0 atom stereocenters. The summed E-state index contributed by atoms with van der Waals surface area (Å²) in [7, 11) is 2.18. The van der Waals surface area contributed by atoms with Crippen molar-refractivity contribution in [2.75, 3.05) is 0 Å². The van der Waals surface area contributed by atoms with Crippen LogP contribution in [0.4, 0.5) is 0 Å². The highest BCUT2D eigenvalue weighted by Gasteiger charge is 2.35. The normalized spacial score (nSPS) is 17.0. The van der Waals surface area contributed by atoms with Gasteiger partial charge in [-0.3, -0.25) is 0 Å². The van der Waals surface area contributed by atoms with Gasteiger partial charge in [0.1, 0.15) is 18.5 Å². The summed E-state index contributed by atoms with van der Waals surface area (Å²) in [5.41, 5.74) is 8.31. The topological polar surface area (TPSA) is 13.1 Å². The summed E-state index contributed by atoms with van der Waals surface area (Å²) in [4.78, 5) is 0. The van der Waals surface area contributed by atoms with Crippen molar-refractivity contribution in [3.63, 3.8) is 0 Å². The van der Waals surface area contributed by atoms with Gasteiger partial charge in [-0.1, -0.05) is 37.1 Å². The summed E-state index contributed by atoms with van der Waals surface area (Å²) in [5, 5.41) is 5.43. The van der Waals surface area contributed by atoms with Crippen LogP contribution in [0.1, 0.15) is 53.9 Å². The van der Waals surface area contributed by atoms with E-state index >= 15 is 0 Å². The highest BCUT2D eigenvalue weighted by molar-refractivity contribution is 6.07. The van der Waals surface area contributed by atoms with Crippen molar-refractivity contribution in [3.05, 3.63) is 64.8 Å². The Morgan fingerprint density at radius 3 is 2.73 bits per heavy atom. The van der Waals surface area contributed by atoms with Gasteiger partial charge in [0, 0.05) is 11.6 Å². The van der Waals surface area contributed by atoms with Crippen molar-refractivity contribution in [3.8, 4) is 22.8 Å². The van der Waals surface area contributed by atoms with Gasteiger partial charge in [0.05, 0.1) is 10.9 Å². The van der Waals surface area contributed by atoms with E-state index in [0.29, 0.717) is 5.92 Å². The summed E-state index contributed by atoms with van der Waals surface area (Å²) >= 11 is 0. The molecule has 2 heteroatoms. The predicted octanol–water partition coefficient (Wildman–Crippen LogP) is 6.65. The zero-order valence-corrected chi connectivity index (χ0v) is 17.7. The molecule has 30 heavy (non-hydrogen) atoms. The monoisotopic (exact) mass is 392 g/mol. The van der Waals surface area contributed by atoms with Crippen molar-refractivity contribution in [1.29, 1.82) is 0 Å². The van der Waals surface area contributed by atoms with Gasteiger partial charge < -0.3 is 4.74 Å². The first kappa shape index (κ1) is 16.9. The number of nitrogens with zero attached hydrogens (tertiary/aromatic N) is 1. The minimum Gasteiger partial charge on any atom is -0.455 e. The molecule has 1 aliphatic heterocycles. The maximum Gasteiger partial charge on any atom is 0.228 e. The fourth-order valence-corrected chi connectivity index (χ4v) is 6.42. The quantitative estimate of drug-likeness (QED) is 0.291. The molecule has 0 saturated heterocycles. The Hall–Kier alpha value is -2.87. The third-order valence-electron chi connectivity index (χ3n) is 7.87. The van der Waals surface area contributed by atoms with E-state index in [9.17, 15) is 0 Å². The van der Waals surface area contributed by atoms with E-state index in [0.717, 1.165) is 24.3 Å². The van der Waals surface area contributed by atoms with Gasteiger partial charge in [-0.05, 0) is 77.4 Å². The summed E-state index contributed by atoms with van der Waals surface area (Å²) in [6, 6.07) is 13.9. The number of ether oxygens (including phenoxy) is 1. The fraction of sp³-hybridized carbons (Fsp3) is 0.321. The number of aromatic nitrogens is 1. The molecule has 0 spiro atoms. The van der Waals surface area contributed by atoms with E-state index < -0.39 is 0 Å². The number of hydrogen-bond acceptors (Lipinski definition) is 1. The molecule has 3 aliphatic rings. The molecule has 3 aromatic carbocycles. The average molecular weight is 393 g/mol. The summed E-state index contributed by atoms with van der Waals surface area (Å²) in [6.07, 6.45) is 9.77. The highest BCUT2D eigenvalue weighted by Crippen LogP contribution is 2.53. The summed E-state index contributed by atoms with van der Waals surface area (Å²) < 4.78 is 9.13. The molecule has 0 N–H and O–H groups in total. The molecule has 7 rings (SSSR count). The Morgan fingerprint density at radius 2 is 1.87 bits per heavy atom. The number of hydrogen-bond donors (Lipinski definition) is 0. The van der Waals surface area contributed by atoms with Crippen molar-refractivity contribution in [2.24, 2.45) is 7.05 Å². The molecule has 0 amide bonds. The smallest absolute Gasteiger partial charge is 0.228 e. The van der Waals surface area contributed by atoms with Gasteiger partial charge >= 0.3 is 0 Å². The lowest BCUT2D eigenvalue weighted by atomic mass is 9.87. The van der Waals surface area contributed by atoms with E-state index in [1.54, 1.807) is 0 Å². The van der Waals surface area contributed by atoms with Crippen LogP contribution in [0.2, 0.25) is 0 Å². The highest BCUT2D eigenvalue weighted by atomic mass is 16.5. The van der Waals surface area contributed by atoms with Gasteiger partial charge in [-0.15, -0.1) is 0 Å². The third-order valence-corrected chi connectivity index (χ3v) is 7.87. The number of pyridine rings is 1. The van der Waals surface area contributed by atoms with E-state index in [2.05, 4.69) is 61.1 Å². The van der Waals surface area contributed by atoms with E-state index in [4.69, 9.17) is 4.74 Å². The predicted molar refractivity (Wildman–Crippen MR) is 121 cm³/mol. The van der Waals surface area contributed by atoms with Crippen LogP contribution in [0.25, 0.3) is 32.8 Å². The van der Waals surface area contributed by atoms with Crippen molar-refractivity contribution < 1.29 is 9.30 Å². The molecule has 1 saturated carbocycles. The maximum absolute atomic E-state index is 6.84. The molecule has 4 aromatic rings. The maximum atomic E-state index is 6.84. The van der Waals surface area contributed by atoms with Gasteiger partial charge in [-0.2, -0.15) is 0 Å². The zero-order valence-electron chi connectivity index (χ0n) is 17.7. The molecule has 1 aromatic heterocycles. The Balaban J connectivity index is 1.60. The van der Waals surface area contributed by atoms with Crippen LogP contribution in [0, 0.1) is 6.92 Å². The second-order valence-electron chi connectivity index (χ2n) is 9.49. The van der Waals surface area contributed by atoms with Gasteiger partial charge in [0.15, 0.2) is 6.20 Å². The molecular weight excluding hydrogens is 366 g/mol. The molecule has 2 heterocycles. The largest absolute Gasteiger partial charge is 0.455 e. The van der Waals surface area contributed by atoms with Crippen molar-refractivity contribution in [1.82, 2.24) is 0 Å². The van der Waals surface area contributed by atoms with Crippen LogP contribution >= 0.6 is 0 Å². The molecule has 2 nitrogen and oxygen atoms in total. The van der Waals surface area contributed by atoms with Crippen LogP contribution in [-0.4, -0.2) is 0 Å². The van der Waals surface area contributed by atoms with Gasteiger partial charge in [-0.25, -0.2) is 4.57 Å². The second kappa shape index (κ2) is 5.85. The Morgan fingerprint density at radius 1 is 1.00 bits per heavy atom. The molecular formula is C28H26NO+. The standard InChI is InChI=1S/C28H26NO/c1-16-21-9-5-8-18-10-11-22(25(18)21)28-24(16)27-26-19(12-13-29(27)2)14-20(15-23(26)30-28)17-6-3-4-7-17/h5,8-9,12-15,17H,3-4,6-7,10-11H2,1-2H3/q+1. The van der Waals surface area contributed by atoms with Crippen LogP contribution < -0.4 is 9.30 Å². The molecule has 148 valence electrons. The van der Waals surface area contributed by atoms with Crippen LogP contribution in [0.5, 0.6) is 11.5 Å². The lowest BCUT2D eigenvalue weighted by Gasteiger charge is -2.25. The fourth-order valence-electron chi connectivity index (χ4n) is 6.42. The van der Waals surface area contributed by atoms with Crippen molar-refractivity contribution in [2.45, 2.75) is 51.4 Å². The van der Waals surface area contributed by atoms with Gasteiger partial charge in [0.25, 0.3) is 0 Å². The first-order valence-corrected chi connectivity index (χ1v) is 11.4. The van der Waals surface area contributed by atoms with E-state index in [-0.39, 0.29) is 0 Å². The minimum atomic E-state index is 0.688. The summed E-state index contributed by atoms with van der Waals surface area (Å²) in [5.74, 6) is 2.87. The number of benzene rings is 3. The molecule has 0 unspecified atom stereocenters. The summed E-state index contributed by atoms with van der Waals surface area (Å²) in [6.45, 7) is 2.28.